The Labute approximate surface area is 155 Å². The number of hydrogen-bond donors (Lipinski definition) is 1. The minimum atomic E-state index is -1.35. The Hall–Kier alpha value is -1.57. The van der Waals surface area contributed by atoms with Crippen molar-refractivity contribution in [3.05, 3.63) is 34.8 Å². The van der Waals surface area contributed by atoms with Gasteiger partial charge in [0.2, 0.25) is 5.91 Å². The van der Waals surface area contributed by atoms with Crippen LogP contribution in [0.2, 0.25) is 5.15 Å². The van der Waals surface area contributed by atoms with Gasteiger partial charge in [-0.15, -0.1) is 11.8 Å². The summed E-state index contributed by atoms with van der Waals surface area (Å²) in [4.78, 5) is 26.1. The van der Waals surface area contributed by atoms with Crippen molar-refractivity contribution < 1.29 is 24.4 Å². The first kappa shape index (κ1) is 18.2. The number of rotatable bonds is 5. The summed E-state index contributed by atoms with van der Waals surface area (Å²) in [5, 5.41) is 22.0. The van der Waals surface area contributed by atoms with E-state index in [1.54, 1.807) is 11.5 Å². The second kappa shape index (κ2) is 6.63. The van der Waals surface area contributed by atoms with Gasteiger partial charge in [-0.05, 0) is 24.1 Å². The van der Waals surface area contributed by atoms with Crippen LogP contribution in [0.4, 0.5) is 0 Å². The van der Waals surface area contributed by atoms with Crippen molar-refractivity contribution in [3.8, 4) is 0 Å². The fraction of sp³-hybridized carbons (Fsp3) is 0.471. The molecule has 4 atom stereocenters. The van der Waals surface area contributed by atoms with Crippen molar-refractivity contribution in [2.24, 2.45) is 18.9 Å². The molecule has 0 unspecified atom stereocenters. The van der Waals surface area contributed by atoms with Gasteiger partial charge < -0.3 is 19.9 Å². The number of aromatic nitrogens is 1. The number of nitrogens with zero attached hydrogens (tertiary/aromatic N) is 2. The number of aryl methyl sites for hydroxylation is 1. The third-order valence-corrected chi connectivity index (χ3v) is 6.38. The summed E-state index contributed by atoms with van der Waals surface area (Å²) >= 11 is 7.56. The molecule has 2 aliphatic rings. The summed E-state index contributed by atoms with van der Waals surface area (Å²) in [6.45, 7) is 3.45. The first-order chi connectivity index (χ1) is 11.7. The molecule has 0 radical (unpaired) electrons. The molecular weight excluding hydrogens is 364 g/mol. The lowest BCUT2D eigenvalue weighted by atomic mass is 9.78. The molecule has 1 N–H and O–H groups in total. The SMILES string of the molecule is C[C@@H](O)[C@H]1C(=O)N2C(C(=O)[O-])=C(CSc3cc[n+](C)c(Cl)c3)[C@H](C)[C@H]12. The zero-order chi connectivity index (χ0) is 18.5. The molecule has 1 aromatic rings. The molecule has 134 valence electrons. The Balaban J connectivity index is 1.85. The molecule has 6 nitrogen and oxygen atoms in total. The molecule has 8 heteroatoms. The highest BCUT2D eigenvalue weighted by Gasteiger charge is 2.58. The van der Waals surface area contributed by atoms with E-state index < -0.39 is 18.0 Å². The number of carbonyl (C=O) groups is 2. The van der Waals surface area contributed by atoms with E-state index in [1.807, 2.05) is 32.3 Å². The Kier molecular flexibility index (Phi) is 4.83. The number of carboxylic acid groups (broad SMARTS) is 1. The summed E-state index contributed by atoms with van der Waals surface area (Å²) in [5.41, 5.74) is 0.621. The van der Waals surface area contributed by atoms with Gasteiger partial charge in [-0.25, -0.2) is 0 Å². The topological polar surface area (TPSA) is 84.5 Å². The maximum Gasteiger partial charge on any atom is 0.275 e. The average Bonchev–Trinajstić information content (AvgIpc) is 2.77. The molecule has 3 heterocycles. The van der Waals surface area contributed by atoms with E-state index in [9.17, 15) is 19.8 Å². The molecule has 0 bridgehead atoms. The van der Waals surface area contributed by atoms with Gasteiger partial charge in [-0.3, -0.25) is 4.79 Å². The van der Waals surface area contributed by atoms with Gasteiger partial charge in [0, 0.05) is 28.7 Å². The van der Waals surface area contributed by atoms with Crippen LogP contribution in [0.3, 0.4) is 0 Å². The van der Waals surface area contributed by atoms with Crippen LogP contribution >= 0.6 is 23.4 Å². The molecular formula is C17H19ClN2O4S. The Morgan fingerprint density at radius 3 is 2.80 bits per heavy atom. The predicted octanol–water partition coefficient (Wildman–Crippen LogP) is 0.118. The Morgan fingerprint density at radius 2 is 2.24 bits per heavy atom. The maximum atomic E-state index is 12.3. The molecule has 1 amide bonds. The summed E-state index contributed by atoms with van der Waals surface area (Å²) in [5.74, 6) is -1.98. The van der Waals surface area contributed by atoms with Gasteiger partial charge in [0.05, 0.1) is 29.7 Å². The van der Waals surface area contributed by atoms with Crippen LogP contribution in [0.1, 0.15) is 13.8 Å². The minimum absolute atomic E-state index is 0.0421. The van der Waals surface area contributed by atoms with E-state index in [2.05, 4.69) is 0 Å². The van der Waals surface area contributed by atoms with Crippen molar-refractivity contribution in [1.82, 2.24) is 4.90 Å². The largest absolute Gasteiger partial charge is 0.543 e. The number of fused-ring (bicyclic) bond motifs is 1. The van der Waals surface area contributed by atoms with Gasteiger partial charge in [-0.2, -0.15) is 4.57 Å². The van der Waals surface area contributed by atoms with Crippen LogP contribution in [-0.4, -0.2) is 39.8 Å². The summed E-state index contributed by atoms with van der Waals surface area (Å²) in [7, 11) is 1.83. The predicted molar refractivity (Wildman–Crippen MR) is 90.4 cm³/mol. The first-order valence-electron chi connectivity index (χ1n) is 7.97. The zero-order valence-corrected chi connectivity index (χ0v) is 15.7. The number of pyridine rings is 1. The van der Waals surface area contributed by atoms with Gasteiger partial charge in [-0.1, -0.05) is 6.92 Å². The lowest BCUT2D eigenvalue weighted by Crippen LogP contribution is -2.64. The fourth-order valence-corrected chi connectivity index (χ4v) is 4.91. The van der Waals surface area contributed by atoms with Crippen LogP contribution in [0.5, 0.6) is 0 Å². The molecule has 25 heavy (non-hydrogen) atoms. The van der Waals surface area contributed by atoms with Gasteiger partial charge in [0.15, 0.2) is 6.20 Å². The van der Waals surface area contributed by atoms with E-state index in [0.29, 0.717) is 16.5 Å². The molecule has 1 saturated heterocycles. The lowest BCUT2D eigenvalue weighted by molar-refractivity contribution is -0.669. The van der Waals surface area contributed by atoms with Crippen LogP contribution in [-0.2, 0) is 16.6 Å². The number of aliphatic hydroxyl groups excluding tert-OH is 1. The zero-order valence-electron chi connectivity index (χ0n) is 14.1. The van der Waals surface area contributed by atoms with E-state index in [-0.39, 0.29) is 23.6 Å². The van der Waals surface area contributed by atoms with Crippen LogP contribution < -0.4 is 9.67 Å². The summed E-state index contributed by atoms with van der Waals surface area (Å²) in [6, 6.07) is 3.39. The highest BCUT2D eigenvalue weighted by atomic mass is 35.5. The quantitative estimate of drug-likeness (QED) is 0.338. The molecule has 0 spiro atoms. The fourth-order valence-electron chi connectivity index (χ4n) is 3.60. The minimum Gasteiger partial charge on any atom is -0.543 e. The number of aliphatic carboxylic acids is 1. The molecule has 0 aromatic carbocycles. The van der Waals surface area contributed by atoms with Crippen LogP contribution in [0.15, 0.2) is 34.5 Å². The number of aliphatic hydroxyl groups is 1. The monoisotopic (exact) mass is 382 g/mol. The van der Waals surface area contributed by atoms with Crippen molar-refractivity contribution in [2.75, 3.05) is 5.75 Å². The second-order valence-electron chi connectivity index (χ2n) is 6.50. The first-order valence-corrected chi connectivity index (χ1v) is 9.34. The molecule has 1 aromatic heterocycles. The molecule has 1 fully saturated rings. The van der Waals surface area contributed by atoms with E-state index >= 15 is 0 Å². The summed E-state index contributed by atoms with van der Waals surface area (Å²) in [6.07, 6.45) is 1.02. The highest BCUT2D eigenvalue weighted by Crippen LogP contribution is 2.48. The number of carbonyl (C=O) groups excluding carboxylic acids is 2. The van der Waals surface area contributed by atoms with Crippen LogP contribution in [0.25, 0.3) is 0 Å². The number of hydrogen-bond acceptors (Lipinski definition) is 5. The Bertz CT molecular complexity index is 780. The van der Waals surface area contributed by atoms with Gasteiger partial charge >= 0.3 is 0 Å². The van der Waals surface area contributed by atoms with Crippen LogP contribution in [0, 0.1) is 11.8 Å². The van der Waals surface area contributed by atoms with E-state index in [0.717, 1.165) is 4.90 Å². The average molecular weight is 383 g/mol. The molecule has 0 saturated carbocycles. The van der Waals surface area contributed by atoms with E-state index in [1.165, 1.54) is 16.7 Å². The third kappa shape index (κ3) is 2.94. The summed E-state index contributed by atoms with van der Waals surface area (Å²) < 4.78 is 1.77. The maximum absolute atomic E-state index is 12.3. The van der Waals surface area contributed by atoms with Crippen molar-refractivity contribution in [2.45, 2.75) is 30.9 Å². The number of β-lactam (4-membered cyclic amide) rings is 1. The highest BCUT2D eigenvalue weighted by molar-refractivity contribution is 7.99. The number of amides is 1. The Morgan fingerprint density at radius 1 is 1.56 bits per heavy atom. The number of halogens is 1. The molecule has 2 aliphatic heterocycles. The smallest absolute Gasteiger partial charge is 0.275 e. The van der Waals surface area contributed by atoms with Gasteiger partial charge in [0.1, 0.15) is 7.05 Å². The lowest BCUT2D eigenvalue weighted by Gasteiger charge is -2.47. The third-order valence-electron chi connectivity index (χ3n) is 4.96. The number of thioether (sulfide) groups is 1. The molecule has 3 rings (SSSR count). The molecule has 0 aliphatic carbocycles. The van der Waals surface area contributed by atoms with Crippen molar-refractivity contribution in [3.63, 3.8) is 0 Å². The normalized spacial score (nSPS) is 26.5. The number of carboxylic acids is 1. The van der Waals surface area contributed by atoms with Gasteiger partial charge in [0.25, 0.3) is 5.15 Å². The van der Waals surface area contributed by atoms with E-state index in [4.69, 9.17) is 11.6 Å². The van der Waals surface area contributed by atoms with Crippen molar-refractivity contribution in [1.29, 1.82) is 0 Å². The standard InChI is InChI=1S/C17H19ClN2O4S/c1-8-11(7-25-10-4-5-19(3)12(18)6-10)15(17(23)24)20-14(8)13(9(2)21)16(20)22/h4-6,8-9,13-14,21H,7H2,1-3H3/t8-,9+,13+,14+/m0/s1. The van der Waals surface area contributed by atoms with Crippen molar-refractivity contribution >= 4 is 35.2 Å². The second-order valence-corrected chi connectivity index (χ2v) is 7.94.